The highest BCUT2D eigenvalue weighted by Crippen LogP contribution is 2.33. The van der Waals surface area contributed by atoms with E-state index in [0.29, 0.717) is 6.04 Å². The van der Waals surface area contributed by atoms with Gasteiger partial charge in [-0.25, -0.2) is 4.79 Å². The van der Waals surface area contributed by atoms with Crippen LogP contribution in [0.5, 0.6) is 0 Å². The second-order valence-electron chi connectivity index (χ2n) is 9.10. The van der Waals surface area contributed by atoms with E-state index in [1.165, 1.54) is 35.0 Å². The van der Waals surface area contributed by atoms with E-state index in [0.717, 1.165) is 44.9 Å². The Bertz CT molecular complexity index is 927. The molecule has 0 unspecified atom stereocenters. The van der Waals surface area contributed by atoms with Crippen molar-refractivity contribution in [2.24, 2.45) is 5.92 Å². The summed E-state index contributed by atoms with van der Waals surface area (Å²) in [6, 6.07) is 11.4. The Balaban J connectivity index is 1.26. The summed E-state index contributed by atoms with van der Waals surface area (Å²) in [5, 5.41) is 16.4. The third-order valence-electron chi connectivity index (χ3n) is 6.83. The molecule has 7 heteroatoms. The van der Waals surface area contributed by atoms with E-state index in [1.807, 2.05) is 0 Å². The first-order valence-corrected chi connectivity index (χ1v) is 12.3. The third kappa shape index (κ3) is 5.13. The molecule has 4 rings (SSSR count). The van der Waals surface area contributed by atoms with Gasteiger partial charge in [0, 0.05) is 55.5 Å². The number of piperazine rings is 1. The molecule has 1 saturated heterocycles. The lowest BCUT2D eigenvalue weighted by molar-refractivity contribution is 0.190. The van der Waals surface area contributed by atoms with Crippen LogP contribution in [-0.2, 0) is 0 Å². The maximum Gasteiger partial charge on any atom is 0.317 e. The van der Waals surface area contributed by atoms with Crippen LogP contribution < -0.4 is 10.2 Å². The average molecular weight is 440 g/mol. The van der Waals surface area contributed by atoms with Crippen molar-refractivity contribution in [3.63, 3.8) is 0 Å². The number of carbonyl (C=O) groups is 1. The van der Waals surface area contributed by atoms with Gasteiger partial charge < -0.3 is 15.1 Å². The van der Waals surface area contributed by atoms with Gasteiger partial charge >= 0.3 is 6.03 Å². The minimum atomic E-state index is -0.101. The highest BCUT2D eigenvalue weighted by atomic mass is 32.1. The summed E-state index contributed by atoms with van der Waals surface area (Å²) in [5.74, 6) is 0.727. The number of thiophene rings is 1. The largest absolute Gasteiger partial charge is 0.353 e. The molecule has 1 N–H and O–H groups in total. The van der Waals surface area contributed by atoms with Gasteiger partial charge in [0.25, 0.3) is 0 Å². The van der Waals surface area contributed by atoms with E-state index in [1.54, 1.807) is 30.3 Å². The van der Waals surface area contributed by atoms with Crippen molar-refractivity contribution in [1.82, 2.24) is 15.1 Å². The monoisotopic (exact) mass is 439 g/mol. The van der Waals surface area contributed by atoms with E-state index in [4.69, 9.17) is 0 Å². The summed E-state index contributed by atoms with van der Waals surface area (Å²) in [6.07, 6.45) is 5.69. The zero-order valence-corrected chi connectivity index (χ0v) is 19.4. The van der Waals surface area contributed by atoms with Crippen molar-refractivity contribution in [3.05, 3.63) is 29.6 Å². The first-order valence-electron chi connectivity index (χ1n) is 11.4. The lowest BCUT2D eigenvalue weighted by Gasteiger charge is -2.40. The van der Waals surface area contributed by atoms with E-state index in [-0.39, 0.29) is 12.1 Å². The molecule has 1 saturated carbocycles. The molecule has 1 aromatic carbocycles. The van der Waals surface area contributed by atoms with Crippen molar-refractivity contribution in [3.8, 4) is 6.07 Å². The second kappa shape index (κ2) is 9.88. The lowest BCUT2D eigenvalue weighted by Crippen LogP contribution is -2.53. The summed E-state index contributed by atoms with van der Waals surface area (Å²) >= 11 is 1.76. The predicted octanol–water partition coefficient (Wildman–Crippen LogP) is 4.14. The number of rotatable bonds is 5. The quantitative estimate of drug-likeness (QED) is 0.761. The van der Waals surface area contributed by atoms with Crippen LogP contribution in [0.2, 0.25) is 0 Å². The first-order chi connectivity index (χ1) is 15.0. The maximum absolute atomic E-state index is 11.8. The van der Waals surface area contributed by atoms with Gasteiger partial charge in [0.1, 0.15) is 6.04 Å². The van der Waals surface area contributed by atoms with E-state index < -0.39 is 0 Å². The minimum absolute atomic E-state index is 0.0157. The van der Waals surface area contributed by atoms with E-state index >= 15 is 0 Å². The van der Waals surface area contributed by atoms with Gasteiger partial charge in [-0.2, -0.15) is 5.26 Å². The number of anilines is 1. The van der Waals surface area contributed by atoms with Gasteiger partial charge in [0.05, 0.1) is 6.07 Å². The Morgan fingerprint density at radius 3 is 2.77 bits per heavy atom. The molecule has 31 heavy (non-hydrogen) atoms. The molecule has 1 atom stereocenters. The van der Waals surface area contributed by atoms with Gasteiger partial charge in [0.2, 0.25) is 0 Å². The molecule has 0 bridgehead atoms. The molecule has 6 nitrogen and oxygen atoms in total. The number of carbonyl (C=O) groups excluding carboxylic acids is 1. The number of nitrogens with zero attached hydrogens (tertiary/aromatic N) is 4. The lowest BCUT2D eigenvalue weighted by atomic mass is 9.84. The Hall–Kier alpha value is -2.30. The van der Waals surface area contributed by atoms with Crippen molar-refractivity contribution in [1.29, 1.82) is 5.26 Å². The number of fused-ring (bicyclic) bond motifs is 1. The third-order valence-corrected chi connectivity index (χ3v) is 7.71. The molecule has 1 aromatic heterocycles. The number of amides is 2. The summed E-state index contributed by atoms with van der Waals surface area (Å²) < 4.78 is 1.29. The number of benzene rings is 1. The molecule has 2 amide bonds. The fourth-order valence-electron chi connectivity index (χ4n) is 4.93. The Morgan fingerprint density at radius 1 is 1.23 bits per heavy atom. The van der Waals surface area contributed by atoms with Crippen LogP contribution in [0, 0.1) is 17.2 Å². The maximum atomic E-state index is 11.8. The summed E-state index contributed by atoms with van der Waals surface area (Å²) in [7, 11) is 3.58. The normalized spacial score (nSPS) is 24.7. The second-order valence-corrected chi connectivity index (χ2v) is 10.0. The van der Waals surface area contributed by atoms with Crippen molar-refractivity contribution < 1.29 is 4.79 Å². The molecule has 0 radical (unpaired) electrons. The summed E-state index contributed by atoms with van der Waals surface area (Å²) in [6.45, 7) is 3.78. The Morgan fingerprint density at radius 2 is 2.03 bits per heavy atom. The molecule has 1 aliphatic heterocycles. The number of nitrogens with one attached hydrogen (secondary N) is 1. The summed E-state index contributed by atoms with van der Waals surface area (Å²) in [5.41, 5.74) is 1.20. The number of urea groups is 1. The van der Waals surface area contributed by atoms with Gasteiger partial charge in [-0.05, 0) is 68.1 Å². The van der Waals surface area contributed by atoms with Crippen molar-refractivity contribution >= 4 is 33.1 Å². The Kier molecular flexibility index (Phi) is 6.99. The fourth-order valence-corrected chi connectivity index (χ4v) is 5.74. The van der Waals surface area contributed by atoms with Crippen LogP contribution in [0.25, 0.3) is 10.1 Å². The number of hydrogen-bond donors (Lipinski definition) is 1. The molecule has 1 aliphatic carbocycles. The molecular formula is C24H33N5OS. The number of nitriles is 1. The average Bonchev–Trinajstić information content (AvgIpc) is 3.27. The van der Waals surface area contributed by atoms with Crippen LogP contribution in [0.3, 0.4) is 0 Å². The van der Waals surface area contributed by atoms with Crippen LogP contribution in [0.15, 0.2) is 29.6 Å². The molecule has 166 valence electrons. The van der Waals surface area contributed by atoms with Crippen molar-refractivity contribution in [2.75, 3.05) is 45.2 Å². The van der Waals surface area contributed by atoms with E-state index in [2.05, 4.69) is 50.8 Å². The number of hydrogen-bond acceptors (Lipinski definition) is 5. The zero-order valence-electron chi connectivity index (χ0n) is 18.6. The molecule has 2 fully saturated rings. The van der Waals surface area contributed by atoms with Gasteiger partial charge in [-0.15, -0.1) is 11.3 Å². The van der Waals surface area contributed by atoms with Gasteiger partial charge in [0.15, 0.2) is 0 Å². The van der Waals surface area contributed by atoms with E-state index in [9.17, 15) is 10.1 Å². The van der Waals surface area contributed by atoms with Gasteiger partial charge in [-0.3, -0.25) is 4.90 Å². The van der Waals surface area contributed by atoms with Crippen LogP contribution in [-0.4, -0.2) is 68.2 Å². The smallest absolute Gasteiger partial charge is 0.317 e. The molecule has 2 aliphatic rings. The summed E-state index contributed by atoms with van der Waals surface area (Å²) in [4.78, 5) is 18.2. The molecule has 2 heterocycles. The van der Waals surface area contributed by atoms with Crippen LogP contribution in [0.4, 0.5) is 10.5 Å². The van der Waals surface area contributed by atoms with Crippen LogP contribution >= 0.6 is 11.3 Å². The molecule has 0 spiro atoms. The first kappa shape index (κ1) is 21.9. The van der Waals surface area contributed by atoms with Crippen molar-refractivity contribution in [2.45, 2.75) is 44.2 Å². The Labute approximate surface area is 189 Å². The standard InChI is InChI=1S/C24H33N5OS/c1-27(2)24(30)26-19-8-6-18(7-9-19)10-12-28-13-14-29(20(16-25)17-28)22-4-3-5-23-21(22)11-15-31-23/h3-5,11,15,18-20H,6-10,12-14,17H2,1-2H3,(H,26,30)/t18-,19-,20-/m1/s1. The predicted molar refractivity (Wildman–Crippen MR) is 128 cm³/mol. The highest BCUT2D eigenvalue weighted by Gasteiger charge is 2.29. The fraction of sp³-hybridized carbons (Fsp3) is 0.583. The minimum Gasteiger partial charge on any atom is -0.353 e. The van der Waals surface area contributed by atoms with Crippen LogP contribution in [0.1, 0.15) is 32.1 Å². The molecule has 2 aromatic rings. The molecular weight excluding hydrogens is 406 g/mol. The SMILES string of the molecule is CN(C)C(=O)N[C@H]1CC[C@H](CCN2CCN(c3cccc4sccc34)[C@H](C#N)C2)CC1. The highest BCUT2D eigenvalue weighted by molar-refractivity contribution is 7.17. The zero-order chi connectivity index (χ0) is 21.8. The van der Waals surface area contributed by atoms with Gasteiger partial charge in [-0.1, -0.05) is 6.07 Å². The topological polar surface area (TPSA) is 62.6 Å².